The molecule has 3 aliphatic rings. The first kappa shape index (κ1) is 30.8. The van der Waals surface area contributed by atoms with E-state index in [1.165, 1.54) is 12.8 Å². The van der Waals surface area contributed by atoms with Crippen LogP contribution in [0.3, 0.4) is 0 Å². The molecule has 0 saturated heterocycles. The Morgan fingerprint density at radius 2 is 1.91 bits per heavy atom. The standard InChI is InChI=1S/C33H39ClN4O5S/c1-3-4-11-29-35-33(16-7-8-17-33)32(39)38(29)19-24-14-15-26(25(18-24)21-42-20-23-12-13-23)27-9-5-6-10-28(27)44(40,41)37-31-30(34)22(2)43-36-31/h5-6,9-10,14-15,18,23H,3-4,7-8,11-13,16-17,19-21H2,1-2H3,(H,36,37). The van der Waals surface area contributed by atoms with Gasteiger partial charge in [0.2, 0.25) is 5.82 Å². The van der Waals surface area contributed by atoms with Crippen LogP contribution in [-0.4, -0.2) is 42.4 Å². The minimum Gasteiger partial charge on any atom is -0.376 e. The maximum Gasteiger partial charge on any atom is 0.263 e. The molecule has 1 spiro atoms. The highest BCUT2D eigenvalue weighted by atomic mass is 35.5. The summed E-state index contributed by atoms with van der Waals surface area (Å²) in [4.78, 5) is 20.8. The van der Waals surface area contributed by atoms with Crippen molar-refractivity contribution < 1.29 is 22.5 Å². The van der Waals surface area contributed by atoms with Crippen LogP contribution in [0.25, 0.3) is 11.1 Å². The number of carbonyl (C=O) groups excluding carboxylic acids is 1. The Hall–Kier alpha value is -3.21. The molecule has 1 aromatic heterocycles. The molecule has 44 heavy (non-hydrogen) atoms. The van der Waals surface area contributed by atoms with Crippen molar-refractivity contribution >= 4 is 39.2 Å². The van der Waals surface area contributed by atoms with Gasteiger partial charge in [-0.3, -0.25) is 19.4 Å². The normalized spacial score (nSPS) is 17.9. The molecular formula is C33H39ClN4O5S. The van der Waals surface area contributed by atoms with Gasteiger partial charge < -0.3 is 9.26 Å². The first-order chi connectivity index (χ1) is 21.2. The summed E-state index contributed by atoms with van der Waals surface area (Å²) >= 11 is 6.21. The van der Waals surface area contributed by atoms with Crippen molar-refractivity contribution in [1.29, 1.82) is 0 Å². The van der Waals surface area contributed by atoms with Gasteiger partial charge in [0.1, 0.15) is 16.4 Å². The first-order valence-electron chi connectivity index (χ1n) is 15.5. The Bertz CT molecular complexity index is 1670. The number of aryl methyl sites for hydroxylation is 1. The molecule has 0 bridgehead atoms. The average molecular weight is 639 g/mol. The lowest BCUT2D eigenvalue weighted by atomic mass is 9.96. The summed E-state index contributed by atoms with van der Waals surface area (Å²) in [6.45, 7) is 5.16. The van der Waals surface area contributed by atoms with Gasteiger partial charge in [0.05, 0.1) is 18.0 Å². The number of aliphatic imine (C=N–C) groups is 1. The third-order valence-corrected chi connectivity index (χ3v) is 10.6. The van der Waals surface area contributed by atoms with Crippen molar-refractivity contribution in [1.82, 2.24) is 10.1 Å². The van der Waals surface area contributed by atoms with Crippen LogP contribution in [0.4, 0.5) is 5.82 Å². The number of sulfonamides is 1. The van der Waals surface area contributed by atoms with Crippen LogP contribution in [0.15, 0.2) is 56.9 Å². The lowest BCUT2D eigenvalue weighted by molar-refractivity contribution is -0.131. The van der Waals surface area contributed by atoms with Gasteiger partial charge in [-0.05, 0) is 67.7 Å². The Morgan fingerprint density at radius 3 is 2.61 bits per heavy atom. The van der Waals surface area contributed by atoms with Gasteiger partial charge in [-0.1, -0.05) is 79.3 Å². The van der Waals surface area contributed by atoms with Gasteiger partial charge in [-0.15, -0.1) is 0 Å². The van der Waals surface area contributed by atoms with Crippen molar-refractivity contribution in [3.63, 3.8) is 0 Å². The smallest absolute Gasteiger partial charge is 0.263 e. The predicted octanol–water partition coefficient (Wildman–Crippen LogP) is 7.27. The second-order valence-electron chi connectivity index (χ2n) is 12.2. The predicted molar refractivity (Wildman–Crippen MR) is 170 cm³/mol. The number of anilines is 1. The van der Waals surface area contributed by atoms with Gasteiger partial charge in [0.25, 0.3) is 15.9 Å². The molecule has 0 radical (unpaired) electrons. The van der Waals surface area contributed by atoms with Crippen LogP contribution in [0.1, 0.15) is 81.6 Å². The fourth-order valence-corrected chi connectivity index (χ4v) is 7.56. The Labute approximate surface area is 264 Å². The largest absolute Gasteiger partial charge is 0.376 e. The number of nitrogens with zero attached hydrogens (tertiary/aromatic N) is 3. The minimum absolute atomic E-state index is 0.0573. The van der Waals surface area contributed by atoms with E-state index < -0.39 is 15.6 Å². The average Bonchev–Trinajstić information content (AvgIpc) is 3.55. The molecule has 2 aliphatic carbocycles. The van der Waals surface area contributed by atoms with Crippen LogP contribution in [-0.2, 0) is 32.7 Å². The SMILES string of the molecule is CCCCC1=NC2(CCCC2)C(=O)N1Cc1ccc(-c2ccccc2S(=O)(=O)Nc2noc(C)c2Cl)c(COCC2CC2)c1. The van der Waals surface area contributed by atoms with E-state index in [0.717, 1.165) is 67.5 Å². The second-order valence-corrected chi connectivity index (χ2v) is 14.2. The highest BCUT2D eigenvalue weighted by Crippen LogP contribution is 2.41. The van der Waals surface area contributed by atoms with E-state index in [1.807, 2.05) is 29.2 Å². The maximum atomic E-state index is 13.8. The van der Waals surface area contributed by atoms with Crippen molar-refractivity contribution in [2.45, 2.75) is 95.2 Å². The lowest BCUT2D eigenvalue weighted by Gasteiger charge is -2.23. The first-order valence-corrected chi connectivity index (χ1v) is 17.4. The molecule has 0 unspecified atom stereocenters. The molecular weight excluding hydrogens is 600 g/mol. The minimum atomic E-state index is -4.07. The van der Waals surface area contributed by atoms with Gasteiger partial charge in [0, 0.05) is 18.6 Å². The quantitative estimate of drug-likeness (QED) is 0.211. The highest BCUT2D eigenvalue weighted by Gasteiger charge is 2.49. The third-order valence-electron chi connectivity index (χ3n) is 8.79. The molecule has 1 aliphatic heterocycles. The van der Waals surface area contributed by atoms with Crippen molar-refractivity contribution in [2.75, 3.05) is 11.3 Å². The Kier molecular flexibility index (Phi) is 8.86. The summed E-state index contributed by atoms with van der Waals surface area (Å²) < 4.78 is 40.9. The Balaban J connectivity index is 1.33. The number of amides is 1. The molecule has 2 fully saturated rings. The van der Waals surface area contributed by atoms with Gasteiger partial charge in [-0.25, -0.2) is 8.42 Å². The lowest BCUT2D eigenvalue weighted by Crippen LogP contribution is -2.40. The van der Waals surface area contributed by atoms with E-state index in [4.69, 9.17) is 25.9 Å². The molecule has 1 amide bonds. The van der Waals surface area contributed by atoms with E-state index in [-0.39, 0.29) is 21.6 Å². The molecule has 2 aromatic carbocycles. The van der Waals surface area contributed by atoms with Crippen molar-refractivity contribution in [2.24, 2.45) is 10.9 Å². The number of rotatable bonds is 13. The number of nitrogens with one attached hydrogen (secondary N) is 1. The fraction of sp³-hybridized carbons (Fsp3) is 0.485. The number of halogens is 1. The van der Waals surface area contributed by atoms with E-state index in [0.29, 0.717) is 37.0 Å². The van der Waals surface area contributed by atoms with Crippen LogP contribution in [0, 0.1) is 12.8 Å². The number of unbranched alkanes of at least 4 members (excludes halogenated alkanes) is 1. The molecule has 1 N–H and O–H groups in total. The molecule has 6 rings (SSSR count). The van der Waals surface area contributed by atoms with E-state index in [9.17, 15) is 13.2 Å². The van der Waals surface area contributed by atoms with E-state index in [1.54, 1.807) is 25.1 Å². The number of aromatic nitrogens is 1. The molecule has 0 atom stereocenters. The summed E-state index contributed by atoms with van der Waals surface area (Å²) in [6.07, 6.45) is 8.83. The molecule has 2 saturated carbocycles. The number of carbonyl (C=O) groups is 1. The van der Waals surface area contributed by atoms with Gasteiger partial charge in [0.15, 0.2) is 5.76 Å². The van der Waals surface area contributed by atoms with Crippen LogP contribution >= 0.6 is 11.6 Å². The number of ether oxygens (including phenoxy) is 1. The fourth-order valence-electron chi connectivity index (χ4n) is 6.16. The van der Waals surface area contributed by atoms with Crippen LogP contribution < -0.4 is 4.72 Å². The van der Waals surface area contributed by atoms with Gasteiger partial charge >= 0.3 is 0 Å². The summed E-state index contributed by atoms with van der Waals surface area (Å²) in [5.41, 5.74) is 2.49. The summed E-state index contributed by atoms with van der Waals surface area (Å²) in [5.74, 6) is 1.84. The van der Waals surface area contributed by atoms with Crippen molar-refractivity contribution in [3.8, 4) is 11.1 Å². The zero-order chi connectivity index (χ0) is 30.9. The number of hydrogen-bond acceptors (Lipinski definition) is 7. The zero-order valence-electron chi connectivity index (χ0n) is 25.3. The Morgan fingerprint density at radius 1 is 1.14 bits per heavy atom. The molecule has 11 heteroatoms. The number of amidine groups is 1. The third kappa shape index (κ3) is 6.30. The van der Waals surface area contributed by atoms with E-state index in [2.05, 4.69) is 16.8 Å². The molecule has 9 nitrogen and oxygen atoms in total. The van der Waals surface area contributed by atoms with Crippen LogP contribution in [0.5, 0.6) is 0 Å². The summed E-state index contributed by atoms with van der Waals surface area (Å²) in [6, 6.07) is 12.8. The zero-order valence-corrected chi connectivity index (χ0v) is 26.8. The maximum absolute atomic E-state index is 13.8. The summed E-state index contributed by atoms with van der Waals surface area (Å²) in [5, 5.41) is 3.88. The highest BCUT2D eigenvalue weighted by molar-refractivity contribution is 7.92. The number of benzene rings is 2. The molecule has 2 heterocycles. The molecule has 3 aromatic rings. The second kappa shape index (κ2) is 12.7. The van der Waals surface area contributed by atoms with Crippen molar-refractivity contribution in [3.05, 3.63) is 64.4 Å². The topological polar surface area (TPSA) is 114 Å². The monoisotopic (exact) mass is 638 g/mol. The van der Waals surface area contributed by atoms with Gasteiger partial charge in [-0.2, -0.15) is 0 Å². The summed E-state index contributed by atoms with van der Waals surface area (Å²) in [7, 11) is -4.07. The van der Waals surface area contributed by atoms with Crippen LogP contribution in [0.2, 0.25) is 5.02 Å². The van der Waals surface area contributed by atoms with E-state index >= 15 is 0 Å². The number of hydrogen-bond donors (Lipinski definition) is 1. The molecule has 234 valence electrons.